The van der Waals surface area contributed by atoms with E-state index < -0.39 is 6.04 Å². The number of benzene rings is 1. The molecule has 2 amide bonds. The van der Waals surface area contributed by atoms with Crippen LogP contribution in [0.15, 0.2) is 48.8 Å². The predicted molar refractivity (Wildman–Crippen MR) is 98.0 cm³/mol. The number of likely N-dealkylation sites (N-methyl/N-ethyl adjacent to an activating group) is 1. The zero-order valence-electron chi connectivity index (χ0n) is 15.2. The Balaban J connectivity index is 2.07. The molecule has 1 atom stereocenters. The summed E-state index contributed by atoms with van der Waals surface area (Å²) in [7, 11) is 1.74. The van der Waals surface area contributed by atoms with Gasteiger partial charge in [0.2, 0.25) is 5.91 Å². The van der Waals surface area contributed by atoms with Crippen LogP contribution >= 0.6 is 0 Å². The van der Waals surface area contributed by atoms with Gasteiger partial charge < -0.3 is 10.2 Å². The lowest BCUT2D eigenvalue weighted by Gasteiger charge is -2.27. The van der Waals surface area contributed by atoms with Crippen molar-refractivity contribution >= 4 is 11.8 Å². The lowest BCUT2D eigenvalue weighted by Crippen LogP contribution is -2.50. The molecule has 0 aliphatic heterocycles. The van der Waals surface area contributed by atoms with Crippen molar-refractivity contribution in [3.8, 4) is 0 Å². The molecule has 0 saturated heterocycles. The van der Waals surface area contributed by atoms with Crippen molar-refractivity contribution < 1.29 is 9.59 Å². The average Bonchev–Trinajstić information content (AvgIpc) is 2.60. The molecule has 5 nitrogen and oxygen atoms in total. The second kappa shape index (κ2) is 8.42. The summed E-state index contributed by atoms with van der Waals surface area (Å²) in [5.41, 5.74) is 2.59. The summed E-state index contributed by atoms with van der Waals surface area (Å²) < 4.78 is 0. The minimum atomic E-state index is -0.574. The topological polar surface area (TPSA) is 62.3 Å². The molecule has 1 N–H and O–H groups in total. The van der Waals surface area contributed by atoms with Crippen LogP contribution in [-0.2, 0) is 11.3 Å². The van der Waals surface area contributed by atoms with Gasteiger partial charge in [-0.3, -0.25) is 14.6 Å². The quantitative estimate of drug-likeness (QED) is 0.880. The van der Waals surface area contributed by atoms with E-state index in [2.05, 4.69) is 10.3 Å². The molecule has 0 radical (unpaired) electrons. The zero-order chi connectivity index (χ0) is 18.4. The van der Waals surface area contributed by atoms with Crippen LogP contribution in [0.4, 0.5) is 0 Å². The fourth-order valence-electron chi connectivity index (χ4n) is 2.52. The van der Waals surface area contributed by atoms with E-state index in [0.717, 1.165) is 11.1 Å². The van der Waals surface area contributed by atoms with Crippen molar-refractivity contribution in [2.24, 2.45) is 5.92 Å². The van der Waals surface area contributed by atoms with E-state index in [-0.39, 0.29) is 17.7 Å². The molecule has 0 saturated carbocycles. The molecule has 1 unspecified atom stereocenters. The molecule has 2 rings (SSSR count). The zero-order valence-corrected chi connectivity index (χ0v) is 15.2. The molecule has 1 aromatic heterocycles. The average molecular weight is 339 g/mol. The van der Waals surface area contributed by atoms with E-state index in [1.54, 1.807) is 36.5 Å². The van der Waals surface area contributed by atoms with Crippen molar-refractivity contribution in [3.05, 3.63) is 65.5 Å². The highest BCUT2D eigenvalue weighted by Crippen LogP contribution is 2.11. The van der Waals surface area contributed by atoms with E-state index in [4.69, 9.17) is 0 Å². The number of nitrogens with zero attached hydrogens (tertiary/aromatic N) is 2. The van der Waals surface area contributed by atoms with Crippen LogP contribution < -0.4 is 5.32 Å². The Morgan fingerprint density at radius 2 is 1.84 bits per heavy atom. The molecule has 0 aliphatic rings. The minimum Gasteiger partial charge on any atom is -0.340 e. The second-order valence-corrected chi connectivity index (χ2v) is 6.62. The fourth-order valence-corrected chi connectivity index (χ4v) is 2.52. The molecule has 132 valence electrons. The third-order valence-electron chi connectivity index (χ3n) is 4.05. The van der Waals surface area contributed by atoms with E-state index >= 15 is 0 Å². The second-order valence-electron chi connectivity index (χ2n) is 6.62. The Bertz CT molecular complexity index is 711. The van der Waals surface area contributed by atoms with E-state index in [1.165, 1.54) is 0 Å². The van der Waals surface area contributed by atoms with Crippen LogP contribution in [0, 0.1) is 12.8 Å². The lowest BCUT2D eigenvalue weighted by atomic mass is 10.0. The number of carbonyl (C=O) groups is 2. The van der Waals surface area contributed by atoms with Crippen LogP contribution in [0.5, 0.6) is 0 Å². The summed E-state index contributed by atoms with van der Waals surface area (Å²) in [6.45, 7) is 6.28. The lowest BCUT2D eigenvalue weighted by molar-refractivity contribution is -0.133. The van der Waals surface area contributed by atoms with E-state index in [0.29, 0.717) is 12.1 Å². The molecule has 5 heteroatoms. The number of aryl methyl sites for hydroxylation is 1. The summed E-state index contributed by atoms with van der Waals surface area (Å²) in [5.74, 6) is -0.362. The standard InChI is InChI=1S/C20H25N3O2/c1-14(2)18(22-19(24)17-9-7-15(3)8-10-17)20(25)23(4)13-16-6-5-11-21-12-16/h5-12,14,18H,13H2,1-4H3,(H,22,24). The van der Waals surface area contributed by atoms with Crippen molar-refractivity contribution in [2.75, 3.05) is 7.05 Å². The van der Waals surface area contributed by atoms with Crippen molar-refractivity contribution in [1.82, 2.24) is 15.2 Å². The third kappa shape index (κ3) is 5.14. The maximum atomic E-state index is 12.8. The number of nitrogens with one attached hydrogen (secondary N) is 1. The number of hydrogen-bond donors (Lipinski definition) is 1. The Kier molecular flexibility index (Phi) is 6.28. The first-order chi connectivity index (χ1) is 11.9. The van der Waals surface area contributed by atoms with Gasteiger partial charge >= 0.3 is 0 Å². The van der Waals surface area contributed by atoms with Gasteiger partial charge in [0.15, 0.2) is 0 Å². The van der Waals surface area contributed by atoms with Crippen molar-refractivity contribution in [1.29, 1.82) is 0 Å². The van der Waals surface area contributed by atoms with E-state index in [9.17, 15) is 9.59 Å². The van der Waals surface area contributed by atoms with Crippen molar-refractivity contribution in [2.45, 2.75) is 33.4 Å². The number of pyridine rings is 1. The van der Waals surface area contributed by atoms with Gasteiger partial charge in [0.1, 0.15) is 6.04 Å². The monoisotopic (exact) mass is 339 g/mol. The number of hydrogen-bond acceptors (Lipinski definition) is 3. The van der Waals surface area contributed by atoms with E-state index in [1.807, 2.05) is 45.0 Å². The number of rotatable bonds is 6. The normalized spacial score (nSPS) is 11.9. The first-order valence-corrected chi connectivity index (χ1v) is 8.40. The minimum absolute atomic E-state index is 0.0155. The smallest absolute Gasteiger partial charge is 0.251 e. The predicted octanol–water partition coefficient (Wildman–Crippen LogP) is 2.80. The molecular weight excluding hydrogens is 314 g/mol. The van der Waals surface area contributed by atoms with Gasteiger partial charge in [-0.25, -0.2) is 0 Å². The van der Waals surface area contributed by atoms with Gasteiger partial charge in [-0.1, -0.05) is 37.6 Å². The molecule has 2 aromatic rings. The molecule has 0 spiro atoms. The SMILES string of the molecule is Cc1ccc(C(=O)NC(C(=O)N(C)Cc2cccnc2)C(C)C)cc1. The Morgan fingerprint density at radius 3 is 2.40 bits per heavy atom. The Hall–Kier alpha value is -2.69. The third-order valence-corrected chi connectivity index (χ3v) is 4.05. The molecular formula is C20H25N3O2. The van der Waals surface area contributed by atoms with Crippen LogP contribution in [0.25, 0.3) is 0 Å². The molecule has 0 fully saturated rings. The van der Waals surface area contributed by atoms with Gasteiger partial charge in [-0.2, -0.15) is 0 Å². The molecule has 0 bridgehead atoms. The number of carbonyl (C=O) groups excluding carboxylic acids is 2. The van der Waals surface area contributed by atoms with Crippen LogP contribution in [-0.4, -0.2) is 34.8 Å². The highest BCUT2D eigenvalue weighted by atomic mass is 16.2. The Labute approximate surface area is 149 Å². The van der Waals surface area contributed by atoms with Gasteiger partial charge in [0, 0.05) is 31.5 Å². The van der Waals surface area contributed by atoms with Crippen LogP contribution in [0.1, 0.15) is 35.3 Å². The highest BCUT2D eigenvalue weighted by Gasteiger charge is 2.27. The number of aromatic nitrogens is 1. The summed E-state index contributed by atoms with van der Waals surface area (Å²) in [4.78, 5) is 31.0. The van der Waals surface area contributed by atoms with Gasteiger partial charge in [0.25, 0.3) is 5.91 Å². The highest BCUT2D eigenvalue weighted by molar-refractivity contribution is 5.97. The van der Waals surface area contributed by atoms with Crippen molar-refractivity contribution in [3.63, 3.8) is 0 Å². The number of amides is 2. The van der Waals surface area contributed by atoms with Crippen LogP contribution in [0.3, 0.4) is 0 Å². The molecule has 25 heavy (non-hydrogen) atoms. The maximum Gasteiger partial charge on any atom is 0.251 e. The maximum absolute atomic E-state index is 12.8. The Morgan fingerprint density at radius 1 is 1.16 bits per heavy atom. The van der Waals surface area contributed by atoms with Gasteiger partial charge in [-0.15, -0.1) is 0 Å². The summed E-state index contributed by atoms with van der Waals surface area (Å²) >= 11 is 0. The molecule has 1 aromatic carbocycles. The molecule has 0 aliphatic carbocycles. The van der Waals surface area contributed by atoms with Gasteiger partial charge in [-0.05, 0) is 36.6 Å². The first-order valence-electron chi connectivity index (χ1n) is 8.40. The summed E-state index contributed by atoms with van der Waals surface area (Å²) in [6, 6.07) is 10.5. The van der Waals surface area contributed by atoms with Gasteiger partial charge in [0.05, 0.1) is 0 Å². The summed E-state index contributed by atoms with van der Waals surface area (Å²) in [5, 5.41) is 2.87. The first kappa shape index (κ1) is 18.6. The largest absolute Gasteiger partial charge is 0.340 e. The fraction of sp³-hybridized carbons (Fsp3) is 0.350. The van der Waals surface area contributed by atoms with Crippen LogP contribution in [0.2, 0.25) is 0 Å². The summed E-state index contributed by atoms with van der Waals surface area (Å²) in [6.07, 6.45) is 3.43. The molecule has 1 heterocycles.